The first-order valence-electron chi connectivity index (χ1n) is 10.0. The predicted molar refractivity (Wildman–Crippen MR) is 114 cm³/mol. The van der Waals surface area contributed by atoms with Gasteiger partial charge in [-0.25, -0.2) is 4.98 Å². The Balaban J connectivity index is 1.36. The van der Waals surface area contributed by atoms with Gasteiger partial charge in [0.1, 0.15) is 5.82 Å². The number of hydrogen-bond donors (Lipinski definition) is 0. The van der Waals surface area contributed by atoms with Crippen molar-refractivity contribution in [3.8, 4) is 0 Å². The molecule has 0 atom stereocenters. The van der Waals surface area contributed by atoms with Crippen LogP contribution in [0.2, 0.25) is 0 Å². The maximum atomic E-state index is 12.7. The van der Waals surface area contributed by atoms with Crippen LogP contribution in [0.1, 0.15) is 23.4 Å². The number of hydrogen-bond acceptors (Lipinski definition) is 3. The number of piperazine rings is 1. The zero-order chi connectivity index (χ0) is 19.7. The number of carbonyl (C=O) groups excluding carboxylic acids is 1. The van der Waals surface area contributed by atoms with E-state index in [0.29, 0.717) is 12.8 Å². The monoisotopic (exact) mass is 376 g/mol. The number of aromatic nitrogens is 2. The lowest BCUT2D eigenvalue weighted by atomic mass is 10.1. The molecular weight excluding hydrogens is 348 g/mol. The molecule has 1 aromatic heterocycles. The van der Waals surface area contributed by atoms with Crippen LogP contribution >= 0.6 is 0 Å². The Morgan fingerprint density at radius 1 is 0.964 bits per heavy atom. The maximum absolute atomic E-state index is 12.7. The van der Waals surface area contributed by atoms with Gasteiger partial charge in [0.2, 0.25) is 5.91 Å². The molecule has 0 radical (unpaired) electrons. The van der Waals surface area contributed by atoms with Crippen molar-refractivity contribution in [2.24, 2.45) is 7.05 Å². The summed E-state index contributed by atoms with van der Waals surface area (Å²) in [6.07, 6.45) is 1.20. The Bertz CT molecular complexity index is 979. The molecule has 0 saturated carbocycles. The molecule has 146 valence electrons. The minimum Gasteiger partial charge on any atom is -0.368 e. The van der Waals surface area contributed by atoms with Crippen molar-refractivity contribution in [1.82, 2.24) is 14.5 Å². The van der Waals surface area contributed by atoms with Crippen LogP contribution in [0, 0.1) is 13.8 Å². The first kappa shape index (κ1) is 18.5. The largest absolute Gasteiger partial charge is 0.368 e. The van der Waals surface area contributed by atoms with Crippen LogP contribution in [0.4, 0.5) is 5.69 Å². The first-order valence-corrected chi connectivity index (χ1v) is 10.0. The van der Waals surface area contributed by atoms with Gasteiger partial charge in [-0.1, -0.05) is 30.3 Å². The van der Waals surface area contributed by atoms with Crippen LogP contribution in [0.5, 0.6) is 0 Å². The molecule has 1 amide bonds. The van der Waals surface area contributed by atoms with Crippen molar-refractivity contribution in [3.05, 3.63) is 59.4 Å². The molecule has 1 aliphatic rings. The summed E-state index contributed by atoms with van der Waals surface area (Å²) >= 11 is 0. The summed E-state index contributed by atoms with van der Waals surface area (Å²) in [6, 6.07) is 14.5. The van der Waals surface area contributed by atoms with E-state index in [1.165, 1.54) is 16.8 Å². The number of fused-ring (bicyclic) bond motifs is 1. The molecule has 4 rings (SSSR count). The number of amides is 1. The third-order valence-corrected chi connectivity index (χ3v) is 5.83. The Hall–Kier alpha value is -2.82. The van der Waals surface area contributed by atoms with Gasteiger partial charge in [-0.15, -0.1) is 0 Å². The number of anilines is 1. The molecule has 1 aliphatic heterocycles. The van der Waals surface area contributed by atoms with E-state index >= 15 is 0 Å². The summed E-state index contributed by atoms with van der Waals surface area (Å²) < 4.78 is 2.10. The average molecular weight is 377 g/mol. The number of rotatable bonds is 4. The summed E-state index contributed by atoms with van der Waals surface area (Å²) in [5, 5.41) is 0. The normalized spacial score (nSPS) is 14.7. The lowest BCUT2D eigenvalue weighted by Gasteiger charge is -2.37. The van der Waals surface area contributed by atoms with Crippen molar-refractivity contribution >= 4 is 22.6 Å². The highest BCUT2D eigenvalue weighted by Gasteiger charge is 2.23. The third kappa shape index (κ3) is 3.49. The van der Waals surface area contributed by atoms with E-state index < -0.39 is 0 Å². The smallest absolute Gasteiger partial charge is 0.223 e. The van der Waals surface area contributed by atoms with Gasteiger partial charge in [0, 0.05) is 51.8 Å². The van der Waals surface area contributed by atoms with E-state index in [-0.39, 0.29) is 5.91 Å². The number of aryl methyl sites for hydroxylation is 4. The highest BCUT2D eigenvalue weighted by molar-refractivity contribution is 5.78. The molecule has 5 nitrogen and oxygen atoms in total. The topological polar surface area (TPSA) is 41.4 Å². The van der Waals surface area contributed by atoms with Gasteiger partial charge in [-0.3, -0.25) is 4.79 Å². The van der Waals surface area contributed by atoms with E-state index in [1.807, 2.05) is 30.1 Å². The van der Waals surface area contributed by atoms with Crippen molar-refractivity contribution in [2.75, 3.05) is 31.1 Å². The van der Waals surface area contributed by atoms with Gasteiger partial charge in [0.15, 0.2) is 0 Å². The second-order valence-corrected chi connectivity index (χ2v) is 7.68. The van der Waals surface area contributed by atoms with Gasteiger partial charge in [-0.2, -0.15) is 0 Å². The zero-order valence-electron chi connectivity index (χ0n) is 17.0. The van der Waals surface area contributed by atoms with Gasteiger partial charge in [-0.05, 0) is 37.1 Å². The molecule has 2 aromatic carbocycles. The lowest BCUT2D eigenvalue weighted by Crippen LogP contribution is -2.49. The van der Waals surface area contributed by atoms with Gasteiger partial charge >= 0.3 is 0 Å². The fourth-order valence-electron chi connectivity index (χ4n) is 4.28. The van der Waals surface area contributed by atoms with Crippen LogP contribution in [0.25, 0.3) is 11.0 Å². The zero-order valence-corrected chi connectivity index (χ0v) is 17.0. The summed E-state index contributed by atoms with van der Waals surface area (Å²) in [6.45, 7) is 7.69. The van der Waals surface area contributed by atoms with E-state index in [0.717, 1.165) is 43.0 Å². The van der Waals surface area contributed by atoms with Crippen LogP contribution < -0.4 is 4.90 Å². The molecule has 0 aliphatic carbocycles. The summed E-state index contributed by atoms with van der Waals surface area (Å²) in [5.74, 6) is 1.21. The molecule has 1 saturated heterocycles. The SMILES string of the molecule is Cc1cccc(C)c1N1CCN(C(=O)CCc2nc3ccccc3n2C)CC1. The molecular formula is C23H28N4O. The van der Waals surface area contributed by atoms with Crippen LogP contribution in [0.3, 0.4) is 0 Å². The lowest BCUT2D eigenvalue weighted by molar-refractivity contribution is -0.131. The quantitative estimate of drug-likeness (QED) is 0.700. The summed E-state index contributed by atoms with van der Waals surface area (Å²) in [7, 11) is 2.03. The number of nitrogens with zero attached hydrogens (tertiary/aromatic N) is 4. The molecule has 28 heavy (non-hydrogen) atoms. The molecule has 1 fully saturated rings. The maximum Gasteiger partial charge on any atom is 0.223 e. The molecule has 0 unspecified atom stereocenters. The number of benzene rings is 2. The molecule has 0 spiro atoms. The third-order valence-electron chi connectivity index (χ3n) is 5.83. The minimum atomic E-state index is 0.230. The number of para-hydroxylation sites is 3. The predicted octanol–water partition coefficient (Wildman–Crippen LogP) is 3.47. The van der Waals surface area contributed by atoms with Crippen molar-refractivity contribution in [3.63, 3.8) is 0 Å². The Labute approximate surface area is 166 Å². The fraction of sp³-hybridized carbons (Fsp3) is 0.391. The molecule has 0 bridgehead atoms. The van der Waals surface area contributed by atoms with Crippen LogP contribution in [0.15, 0.2) is 42.5 Å². The van der Waals surface area contributed by atoms with Gasteiger partial charge in [0.05, 0.1) is 11.0 Å². The van der Waals surface area contributed by atoms with Gasteiger partial charge < -0.3 is 14.4 Å². The second-order valence-electron chi connectivity index (χ2n) is 7.68. The minimum absolute atomic E-state index is 0.230. The summed E-state index contributed by atoms with van der Waals surface area (Å²) in [5.41, 5.74) is 6.05. The highest BCUT2D eigenvalue weighted by atomic mass is 16.2. The van der Waals surface area contributed by atoms with Gasteiger partial charge in [0.25, 0.3) is 0 Å². The molecule has 3 aromatic rings. The molecule has 2 heterocycles. The average Bonchev–Trinajstić information content (AvgIpc) is 3.02. The number of carbonyl (C=O) groups is 1. The first-order chi connectivity index (χ1) is 13.5. The van der Waals surface area contributed by atoms with Crippen molar-refractivity contribution < 1.29 is 4.79 Å². The Kier molecular flexibility index (Phi) is 5.07. The van der Waals surface area contributed by atoms with Crippen LogP contribution in [-0.4, -0.2) is 46.5 Å². The molecule has 0 N–H and O–H groups in total. The van der Waals surface area contributed by atoms with E-state index in [4.69, 9.17) is 0 Å². The number of imidazole rings is 1. The fourth-order valence-corrected chi connectivity index (χ4v) is 4.28. The molecule has 5 heteroatoms. The van der Waals surface area contributed by atoms with Crippen molar-refractivity contribution in [2.45, 2.75) is 26.7 Å². The Morgan fingerprint density at radius 2 is 1.64 bits per heavy atom. The highest BCUT2D eigenvalue weighted by Crippen LogP contribution is 2.25. The van der Waals surface area contributed by atoms with E-state index in [2.05, 4.69) is 52.6 Å². The second kappa shape index (κ2) is 7.66. The van der Waals surface area contributed by atoms with Crippen LogP contribution in [-0.2, 0) is 18.3 Å². The van der Waals surface area contributed by atoms with E-state index in [1.54, 1.807) is 0 Å². The summed E-state index contributed by atoms with van der Waals surface area (Å²) in [4.78, 5) is 21.9. The van der Waals surface area contributed by atoms with E-state index in [9.17, 15) is 4.79 Å². The Morgan fingerprint density at radius 3 is 2.32 bits per heavy atom. The standard InChI is InChI=1S/C23H28N4O/c1-17-7-6-8-18(2)23(17)27-15-13-26(14-16-27)22(28)12-11-21-24-19-9-4-5-10-20(19)25(21)3/h4-10H,11-16H2,1-3H3. The van der Waals surface area contributed by atoms with Crippen molar-refractivity contribution in [1.29, 1.82) is 0 Å².